The van der Waals surface area contributed by atoms with Crippen LogP contribution >= 0.6 is 7.75 Å². The van der Waals surface area contributed by atoms with Crippen molar-refractivity contribution in [2.24, 2.45) is 0 Å². The summed E-state index contributed by atoms with van der Waals surface area (Å²) in [6.45, 7) is 1.53. The van der Waals surface area contributed by atoms with Crippen molar-refractivity contribution >= 4 is 23.4 Å². The number of hydrogen-bond acceptors (Lipinski definition) is 7. The minimum Gasteiger partial charge on any atom is -0.390 e. The molecule has 2 heterocycles. The molecule has 134 valence electrons. The van der Waals surface area contributed by atoms with Crippen molar-refractivity contribution in [1.82, 2.24) is 10.4 Å². The van der Waals surface area contributed by atoms with E-state index in [0.717, 1.165) is 0 Å². The van der Waals surface area contributed by atoms with Gasteiger partial charge >= 0.3 is 7.75 Å². The van der Waals surface area contributed by atoms with Gasteiger partial charge in [0.05, 0.1) is 43.1 Å². The van der Waals surface area contributed by atoms with Crippen LogP contribution in [0, 0.1) is 0 Å². The number of rotatable bonds is 7. The molecule has 0 aromatic rings. The molecule has 0 aliphatic carbocycles. The van der Waals surface area contributed by atoms with Gasteiger partial charge in [-0.25, -0.2) is 9.65 Å². The highest BCUT2D eigenvalue weighted by Gasteiger charge is 2.45. The third kappa shape index (κ3) is 4.41. The van der Waals surface area contributed by atoms with Crippen LogP contribution in [0.25, 0.3) is 0 Å². The van der Waals surface area contributed by atoms with E-state index >= 15 is 0 Å². The number of nitrogens with one attached hydrogen (secondary N) is 2. The van der Waals surface area contributed by atoms with Crippen LogP contribution in [0.3, 0.4) is 0 Å². The van der Waals surface area contributed by atoms with E-state index in [1.165, 1.54) is 0 Å². The lowest BCUT2D eigenvalue weighted by Crippen LogP contribution is -2.45. The van der Waals surface area contributed by atoms with Crippen molar-refractivity contribution in [3.8, 4) is 0 Å². The van der Waals surface area contributed by atoms with Gasteiger partial charge in [-0.1, -0.05) is 6.92 Å². The van der Waals surface area contributed by atoms with Crippen LogP contribution in [0.1, 0.15) is 13.3 Å². The summed E-state index contributed by atoms with van der Waals surface area (Å²) >= 11 is 0. The van der Waals surface area contributed by atoms with Gasteiger partial charge < -0.3 is 29.9 Å². The van der Waals surface area contributed by atoms with Gasteiger partial charge in [0.15, 0.2) is 0 Å². The van der Waals surface area contributed by atoms with E-state index < -0.39 is 56.3 Å². The Morgan fingerprint density at radius 2 is 1.67 bits per heavy atom. The highest BCUT2D eigenvalue weighted by atomic mass is 31.2. The first kappa shape index (κ1) is 20.4. The van der Waals surface area contributed by atoms with E-state index in [2.05, 4.69) is 10.4 Å². The highest BCUT2D eigenvalue weighted by Crippen LogP contribution is 2.41. The van der Waals surface area contributed by atoms with E-state index in [-0.39, 0.29) is 6.61 Å². The third-order valence-corrected chi connectivity index (χ3v) is 5.46. The molecule has 0 aromatic carbocycles. The molecule has 0 aromatic heterocycles. The Bertz CT molecular complexity index is 477. The van der Waals surface area contributed by atoms with Gasteiger partial charge in [0.2, 0.25) is 0 Å². The second kappa shape index (κ2) is 8.16. The average Bonchev–Trinajstić information content (AvgIpc) is 2.95. The van der Waals surface area contributed by atoms with E-state index in [0.29, 0.717) is 6.42 Å². The largest absolute Gasteiger partial charge is 0.403 e. The number of likely N-dealkylation sites (N-methyl/N-ethyl adjacent to an activating group) is 1. The smallest absolute Gasteiger partial charge is 0.390 e. The van der Waals surface area contributed by atoms with Crippen LogP contribution in [0.15, 0.2) is 0 Å². The van der Waals surface area contributed by atoms with Crippen molar-refractivity contribution in [3.05, 3.63) is 0 Å². The zero-order chi connectivity index (χ0) is 18.1. The lowest BCUT2D eigenvalue weighted by molar-refractivity contribution is 0.0297. The Hall–Kier alpha value is 0.0399. The standard InChI is InChI=1S/C12H23B2N2O7P/c1-3-5-8(10(18)12(14)22-5)16-24(19,20)21-4-6-7(15-2)9(17)11(13)23-6/h5-12,15,17-18H,3-4H2,1-2H3,(H2,16,19,20)/t5-,6-,7+,8?,9?,10+,11?,12-/m1/s1. The van der Waals surface area contributed by atoms with Gasteiger partial charge in [-0.3, -0.25) is 4.52 Å². The highest BCUT2D eigenvalue weighted by molar-refractivity contribution is 7.50. The van der Waals surface area contributed by atoms with E-state index in [4.69, 9.17) is 29.7 Å². The summed E-state index contributed by atoms with van der Waals surface area (Å²) in [4.78, 5) is 9.99. The molecule has 24 heavy (non-hydrogen) atoms. The first-order valence-electron chi connectivity index (χ1n) is 7.80. The number of aliphatic hydroxyl groups excluding tert-OH is 2. The topological polar surface area (TPSA) is 130 Å². The zero-order valence-electron chi connectivity index (χ0n) is 13.6. The first-order chi connectivity index (χ1) is 11.2. The monoisotopic (exact) mass is 360 g/mol. The number of hydrogen-bond donors (Lipinski definition) is 5. The molecule has 2 aliphatic rings. The Morgan fingerprint density at radius 3 is 2.21 bits per heavy atom. The summed E-state index contributed by atoms with van der Waals surface area (Å²) in [6.07, 6.45) is -2.81. The van der Waals surface area contributed by atoms with Gasteiger partial charge in [-0.05, 0) is 13.5 Å². The minimum atomic E-state index is -4.26. The average molecular weight is 360 g/mol. The maximum absolute atomic E-state index is 12.2. The predicted molar refractivity (Wildman–Crippen MR) is 86.7 cm³/mol. The molecular formula is C12H23B2N2O7P. The van der Waals surface area contributed by atoms with Crippen molar-refractivity contribution in [2.75, 3.05) is 13.7 Å². The lowest BCUT2D eigenvalue weighted by atomic mass is 9.92. The Balaban J connectivity index is 1.93. The maximum Gasteiger partial charge on any atom is 0.403 e. The molecule has 9 atom stereocenters. The molecule has 0 spiro atoms. The molecule has 2 saturated heterocycles. The van der Waals surface area contributed by atoms with Crippen LogP contribution in [-0.4, -0.2) is 93.0 Å². The van der Waals surface area contributed by atoms with Gasteiger partial charge in [-0.15, -0.1) is 0 Å². The SMILES string of the molecule is [B]C1O[C@H](COP(=O)(O)NC2[C@@H](CC)O[C@@H]([B])[C@H]2O)[C@H](NC)C1O. The molecule has 4 unspecified atom stereocenters. The summed E-state index contributed by atoms with van der Waals surface area (Å²) in [6, 6.07) is -3.21. The van der Waals surface area contributed by atoms with Crippen LogP contribution in [0.2, 0.25) is 0 Å². The first-order valence-corrected chi connectivity index (χ1v) is 9.38. The molecule has 0 saturated carbocycles. The molecule has 0 amide bonds. The molecule has 2 rings (SSSR count). The Kier molecular flexibility index (Phi) is 6.92. The third-order valence-electron chi connectivity index (χ3n) is 4.34. The molecule has 4 radical (unpaired) electrons. The van der Waals surface area contributed by atoms with Crippen molar-refractivity contribution < 1.29 is 33.7 Å². The van der Waals surface area contributed by atoms with Crippen molar-refractivity contribution in [1.29, 1.82) is 0 Å². The summed E-state index contributed by atoms with van der Waals surface area (Å²) < 4.78 is 27.9. The van der Waals surface area contributed by atoms with Gasteiger partial charge in [0.1, 0.15) is 15.7 Å². The molecule has 2 aliphatic heterocycles. The maximum atomic E-state index is 12.2. The van der Waals surface area contributed by atoms with Crippen LogP contribution in [0.4, 0.5) is 0 Å². The summed E-state index contributed by atoms with van der Waals surface area (Å²) in [5, 5.41) is 25.0. The van der Waals surface area contributed by atoms with Crippen molar-refractivity contribution in [3.63, 3.8) is 0 Å². The molecule has 12 heteroatoms. The molecule has 9 nitrogen and oxygen atoms in total. The minimum absolute atomic E-state index is 0.274. The predicted octanol–water partition coefficient (Wildman–Crippen LogP) is -2.43. The van der Waals surface area contributed by atoms with Crippen LogP contribution in [0.5, 0.6) is 0 Å². The lowest BCUT2D eigenvalue weighted by Gasteiger charge is -2.25. The second-order valence-corrected chi connectivity index (χ2v) is 7.51. The van der Waals surface area contributed by atoms with Crippen LogP contribution in [-0.2, 0) is 18.6 Å². The normalized spacial score (nSPS) is 45.4. The summed E-state index contributed by atoms with van der Waals surface area (Å²) in [5.41, 5.74) is 0. The Labute approximate surface area is 143 Å². The van der Waals surface area contributed by atoms with Gasteiger partial charge in [0, 0.05) is 12.0 Å². The molecule has 2 fully saturated rings. The van der Waals surface area contributed by atoms with Crippen LogP contribution < -0.4 is 10.4 Å². The molecular weight excluding hydrogens is 337 g/mol. The summed E-state index contributed by atoms with van der Waals surface area (Å²) in [5.74, 6) is 0. The fourth-order valence-electron chi connectivity index (χ4n) is 2.99. The molecule has 5 N–H and O–H groups in total. The van der Waals surface area contributed by atoms with Crippen molar-refractivity contribution in [2.45, 2.75) is 61.9 Å². The fourth-order valence-corrected chi connectivity index (χ4v) is 4.11. The summed E-state index contributed by atoms with van der Waals surface area (Å²) in [7, 11) is 8.55. The number of aliphatic hydroxyl groups is 2. The number of ether oxygens (including phenoxy) is 2. The zero-order valence-corrected chi connectivity index (χ0v) is 14.5. The second-order valence-electron chi connectivity index (χ2n) is 5.95. The van der Waals surface area contributed by atoms with Gasteiger partial charge in [-0.2, -0.15) is 0 Å². The quantitative estimate of drug-likeness (QED) is 0.249. The molecule has 0 bridgehead atoms. The van der Waals surface area contributed by atoms with Gasteiger partial charge in [0.25, 0.3) is 0 Å². The van der Waals surface area contributed by atoms with E-state index in [1.54, 1.807) is 14.0 Å². The van der Waals surface area contributed by atoms with E-state index in [1.807, 2.05) is 0 Å². The fraction of sp³-hybridized carbons (Fsp3) is 1.00. The Morgan fingerprint density at radius 1 is 1.12 bits per heavy atom. The van der Waals surface area contributed by atoms with E-state index in [9.17, 15) is 19.7 Å².